The fourth-order valence-electron chi connectivity index (χ4n) is 3.30. The highest BCUT2D eigenvalue weighted by atomic mass is 14.7. The van der Waals surface area contributed by atoms with Crippen LogP contribution in [0.3, 0.4) is 0 Å². The Morgan fingerprint density at radius 2 is 1.27 bits per heavy atom. The van der Waals surface area contributed by atoms with E-state index in [1.165, 1.54) is 43.2 Å². The standard InChI is InChI=1S/C13H18N2/c14-12-6-10-8-2-1-3-9(5-4-8)11(10)7-13(12)15/h6-9H,1-5,14-15H2. The van der Waals surface area contributed by atoms with Crippen LogP contribution in [0.25, 0.3) is 0 Å². The first-order valence-corrected chi connectivity index (χ1v) is 5.94. The first kappa shape index (κ1) is 9.08. The van der Waals surface area contributed by atoms with Crippen molar-refractivity contribution >= 4 is 11.4 Å². The van der Waals surface area contributed by atoms with E-state index in [-0.39, 0.29) is 0 Å². The average molecular weight is 202 g/mol. The van der Waals surface area contributed by atoms with Crippen LogP contribution in [0, 0.1) is 0 Å². The van der Waals surface area contributed by atoms with Crippen molar-refractivity contribution in [3.8, 4) is 0 Å². The number of rotatable bonds is 0. The van der Waals surface area contributed by atoms with Crippen molar-refractivity contribution in [1.82, 2.24) is 0 Å². The monoisotopic (exact) mass is 202 g/mol. The number of fused-ring (bicyclic) bond motifs is 3. The first-order valence-electron chi connectivity index (χ1n) is 5.94. The predicted molar refractivity (Wildman–Crippen MR) is 63.8 cm³/mol. The van der Waals surface area contributed by atoms with Gasteiger partial charge in [0.25, 0.3) is 0 Å². The van der Waals surface area contributed by atoms with Crippen LogP contribution in [0.5, 0.6) is 0 Å². The number of nitrogens with two attached hydrogens (primary N) is 2. The molecule has 3 aliphatic rings. The Hall–Kier alpha value is -1.18. The Bertz CT molecular complexity index is 357. The summed E-state index contributed by atoms with van der Waals surface area (Å²) in [4.78, 5) is 0. The molecule has 0 saturated heterocycles. The maximum Gasteiger partial charge on any atom is 0.0550 e. The summed E-state index contributed by atoms with van der Waals surface area (Å²) in [6.45, 7) is 0. The van der Waals surface area contributed by atoms with Gasteiger partial charge in [-0.1, -0.05) is 6.42 Å². The minimum atomic E-state index is 0.752. The van der Waals surface area contributed by atoms with E-state index in [2.05, 4.69) is 12.1 Å². The summed E-state index contributed by atoms with van der Waals surface area (Å²) in [5.41, 5.74) is 16.3. The molecule has 2 atom stereocenters. The number of hydrogen-bond acceptors (Lipinski definition) is 2. The van der Waals surface area contributed by atoms with Gasteiger partial charge in [-0.15, -0.1) is 0 Å². The van der Waals surface area contributed by atoms with Crippen LogP contribution in [-0.2, 0) is 0 Å². The molecule has 4 rings (SSSR count). The quantitative estimate of drug-likeness (QED) is 0.635. The van der Waals surface area contributed by atoms with Crippen molar-refractivity contribution in [3.05, 3.63) is 23.3 Å². The lowest BCUT2D eigenvalue weighted by Gasteiger charge is -2.28. The highest BCUT2D eigenvalue weighted by molar-refractivity contribution is 5.67. The number of anilines is 2. The zero-order valence-corrected chi connectivity index (χ0v) is 9.00. The van der Waals surface area contributed by atoms with Crippen LogP contribution in [0.15, 0.2) is 12.1 Å². The molecule has 2 bridgehead atoms. The Labute approximate surface area is 90.7 Å². The molecule has 2 heteroatoms. The maximum absolute atomic E-state index is 5.90. The van der Waals surface area contributed by atoms with E-state index >= 15 is 0 Å². The van der Waals surface area contributed by atoms with Gasteiger partial charge in [0.15, 0.2) is 0 Å². The Kier molecular flexibility index (Phi) is 1.91. The molecule has 1 fully saturated rings. The zero-order valence-electron chi connectivity index (χ0n) is 9.00. The van der Waals surface area contributed by atoms with E-state index in [1.54, 1.807) is 0 Å². The molecule has 0 radical (unpaired) electrons. The number of benzene rings is 1. The summed E-state index contributed by atoms with van der Waals surface area (Å²) in [7, 11) is 0. The van der Waals surface area contributed by atoms with Gasteiger partial charge in [-0.2, -0.15) is 0 Å². The van der Waals surface area contributed by atoms with Crippen molar-refractivity contribution in [2.45, 2.75) is 43.9 Å². The molecule has 80 valence electrons. The molecule has 2 nitrogen and oxygen atoms in total. The summed E-state index contributed by atoms with van der Waals surface area (Å²) >= 11 is 0. The van der Waals surface area contributed by atoms with Crippen LogP contribution in [-0.4, -0.2) is 0 Å². The van der Waals surface area contributed by atoms with Gasteiger partial charge in [0.2, 0.25) is 0 Å². The smallest absolute Gasteiger partial charge is 0.0550 e. The fraction of sp³-hybridized carbons (Fsp3) is 0.538. The van der Waals surface area contributed by atoms with E-state index in [9.17, 15) is 0 Å². The third-order valence-corrected chi connectivity index (χ3v) is 4.14. The largest absolute Gasteiger partial charge is 0.397 e. The van der Waals surface area contributed by atoms with Crippen molar-refractivity contribution in [2.75, 3.05) is 11.5 Å². The minimum Gasteiger partial charge on any atom is -0.397 e. The van der Waals surface area contributed by atoms with Gasteiger partial charge in [0.05, 0.1) is 11.4 Å². The maximum atomic E-state index is 5.90. The summed E-state index contributed by atoms with van der Waals surface area (Å²) in [6.07, 6.45) is 6.74. The molecular formula is C13H18N2. The Balaban J connectivity index is 2.18. The van der Waals surface area contributed by atoms with Gasteiger partial charge in [0, 0.05) is 0 Å². The van der Waals surface area contributed by atoms with Crippen LogP contribution >= 0.6 is 0 Å². The Morgan fingerprint density at radius 1 is 0.800 bits per heavy atom. The van der Waals surface area contributed by atoms with Gasteiger partial charge in [-0.3, -0.25) is 0 Å². The van der Waals surface area contributed by atoms with Crippen LogP contribution in [0.2, 0.25) is 0 Å². The first-order chi connectivity index (χ1) is 7.25. The summed E-state index contributed by atoms with van der Waals surface area (Å²) in [6, 6.07) is 4.26. The molecule has 0 heterocycles. The van der Waals surface area contributed by atoms with Crippen molar-refractivity contribution in [3.63, 3.8) is 0 Å². The summed E-state index contributed by atoms with van der Waals surface area (Å²) in [5, 5.41) is 0. The molecule has 0 aliphatic heterocycles. The van der Waals surface area contributed by atoms with Gasteiger partial charge in [-0.25, -0.2) is 0 Å². The van der Waals surface area contributed by atoms with E-state index in [0.717, 1.165) is 23.2 Å². The summed E-state index contributed by atoms with van der Waals surface area (Å²) in [5.74, 6) is 1.50. The van der Waals surface area contributed by atoms with Gasteiger partial charge in [-0.05, 0) is 60.8 Å². The number of hydrogen-bond donors (Lipinski definition) is 2. The molecular weight excluding hydrogens is 184 g/mol. The van der Waals surface area contributed by atoms with Crippen LogP contribution in [0.1, 0.15) is 55.1 Å². The molecule has 0 spiro atoms. The van der Waals surface area contributed by atoms with Gasteiger partial charge >= 0.3 is 0 Å². The SMILES string of the molecule is Nc1cc2c(cc1N)C1CCCC2CC1. The average Bonchev–Trinajstić information content (AvgIpc) is 2.53. The summed E-state index contributed by atoms with van der Waals surface area (Å²) < 4.78 is 0. The van der Waals surface area contributed by atoms with E-state index in [0.29, 0.717) is 0 Å². The molecule has 0 aromatic heterocycles. The highest BCUT2D eigenvalue weighted by Crippen LogP contribution is 2.48. The second-order valence-corrected chi connectivity index (χ2v) is 5.01. The molecule has 3 aliphatic carbocycles. The van der Waals surface area contributed by atoms with Gasteiger partial charge in [0.1, 0.15) is 0 Å². The lowest BCUT2D eigenvalue weighted by molar-refractivity contribution is 0.528. The topological polar surface area (TPSA) is 52.0 Å². The van der Waals surface area contributed by atoms with E-state index in [1.807, 2.05) is 0 Å². The molecule has 15 heavy (non-hydrogen) atoms. The second-order valence-electron chi connectivity index (χ2n) is 5.01. The van der Waals surface area contributed by atoms with Crippen molar-refractivity contribution in [2.24, 2.45) is 0 Å². The van der Waals surface area contributed by atoms with Gasteiger partial charge < -0.3 is 11.5 Å². The molecule has 1 saturated carbocycles. The van der Waals surface area contributed by atoms with E-state index in [4.69, 9.17) is 11.5 Å². The van der Waals surface area contributed by atoms with E-state index < -0.39 is 0 Å². The molecule has 0 amide bonds. The third-order valence-electron chi connectivity index (χ3n) is 4.14. The lowest BCUT2D eigenvalue weighted by Crippen LogP contribution is -2.12. The minimum absolute atomic E-state index is 0.752. The van der Waals surface area contributed by atoms with Crippen molar-refractivity contribution < 1.29 is 0 Å². The normalized spacial score (nSPS) is 28.5. The highest BCUT2D eigenvalue weighted by Gasteiger charge is 2.30. The van der Waals surface area contributed by atoms with Crippen molar-refractivity contribution in [1.29, 1.82) is 0 Å². The predicted octanol–water partition coefficient (Wildman–Crippen LogP) is 3.00. The fourth-order valence-corrected chi connectivity index (χ4v) is 3.30. The zero-order chi connectivity index (χ0) is 10.4. The van der Waals surface area contributed by atoms with Crippen LogP contribution < -0.4 is 11.5 Å². The molecule has 1 aromatic rings. The molecule has 4 N–H and O–H groups in total. The molecule has 2 unspecified atom stereocenters. The number of nitrogen functional groups attached to an aromatic ring is 2. The lowest BCUT2D eigenvalue weighted by atomic mass is 9.78. The Morgan fingerprint density at radius 3 is 1.73 bits per heavy atom. The molecule has 1 aromatic carbocycles. The second kappa shape index (κ2) is 3.16. The third kappa shape index (κ3) is 1.31. The van der Waals surface area contributed by atoms with Crippen LogP contribution in [0.4, 0.5) is 11.4 Å².